The minimum atomic E-state index is -0.249. The van der Waals surface area contributed by atoms with E-state index in [1.807, 2.05) is 30.0 Å². The highest BCUT2D eigenvalue weighted by atomic mass is 16.5. The molecular formula is C22H31N3O3. The molecule has 0 radical (unpaired) electrons. The van der Waals surface area contributed by atoms with Gasteiger partial charge in [-0.15, -0.1) is 0 Å². The van der Waals surface area contributed by atoms with E-state index in [0.717, 1.165) is 37.2 Å². The van der Waals surface area contributed by atoms with Gasteiger partial charge in [0.2, 0.25) is 11.8 Å². The summed E-state index contributed by atoms with van der Waals surface area (Å²) in [7, 11) is 1.61. The van der Waals surface area contributed by atoms with Gasteiger partial charge in [-0.05, 0) is 63.4 Å². The molecule has 0 aromatic heterocycles. The van der Waals surface area contributed by atoms with Crippen LogP contribution >= 0.6 is 0 Å². The molecule has 3 aliphatic rings. The van der Waals surface area contributed by atoms with Crippen molar-refractivity contribution < 1.29 is 14.3 Å². The smallest absolute Gasteiger partial charge is 0.228 e. The van der Waals surface area contributed by atoms with Gasteiger partial charge in [-0.1, -0.05) is 6.07 Å². The van der Waals surface area contributed by atoms with Gasteiger partial charge < -0.3 is 19.4 Å². The van der Waals surface area contributed by atoms with Crippen molar-refractivity contribution in [1.29, 1.82) is 0 Å². The van der Waals surface area contributed by atoms with Crippen LogP contribution in [0.2, 0.25) is 0 Å². The molecule has 1 atom stereocenters. The van der Waals surface area contributed by atoms with E-state index in [4.69, 9.17) is 4.74 Å². The number of carbonyl (C=O) groups is 2. The maximum Gasteiger partial charge on any atom is 0.228 e. The molecule has 1 aromatic rings. The van der Waals surface area contributed by atoms with Gasteiger partial charge >= 0.3 is 0 Å². The summed E-state index contributed by atoms with van der Waals surface area (Å²) in [5.41, 5.74) is 1.85. The number of carbonyl (C=O) groups excluding carboxylic acids is 2. The van der Waals surface area contributed by atoms with Gasteiger partial charge in [0.05, 0.1) is 18.7 Å². The molecule has 0 bridgehead atoms. The van der Waals surface area contributed by atoms with Gasteiger partial charge in [0.15, 0.2) is 0 Å². The summed E-state index contributed by atoms with van der Waals surface area (Å²) >= 11 is 0. The lowest BCUT2D eigenvalue weighted by Gasteiger charge is -2.37. The molecule has 4 rings (SSSR count). The van der Waals surface area contributed by atoms with Crippen LogP contribution in [0.5, 0.6) is 5.75 Å². The van der Waals surface area contributed by atoms with Crippen molar-refractivity contribution >= 4 is 17.5 Å². The Balaban J connectivity index is 1.39. The molecule has 3 aliphatic heterocycles. The molecule has 3 fully saturated rings. The molecule has 0 saturated carbocycles. The van der Waals surface area contributed by atoms with E-state index < -0.39 is 0 Å². The van der Waals surface area contributed by atoms with Crippen molar-refractivity contribution in [1.82, 2.24) is 9.80 Å². The van der Waals surface area contributed by atoms with Crippen LogP contribution in [-0.2, 0) is 9.59 Å². The number of hydrogen-bond donors (Lipinski definition) is 0. The molecule has 2 amide bonds. The third-order valence-corrected chi connectivity index (χ3v) is 6.53. The molecule has 3 saturated heterocycles. The number of rotatable bonds is 4. The second-order valence-electron chi connectivity index (χ2n) is 8.38. The minimum absolute atomic E-state index is 0.00852. The molecule has 6 heteroatoms. The average Bonchev–Trinajstić information content (AvgIpc) is 3.37. The zero-order valence-electron chi connectivity index (χ0n) is 17.0. The van der Waals surface area contributed by atoms with Crippen LogP contribution in [0.25, 0.3) is 0 Å². The minimum Gasteiger partial charge on any atom is -0.495 e. The maximum absolute atomic E-state index is 13.1. The first kappa shape index (κ1) is 19.2. The first-order chi connectivity index (χ1) is 13.6. The number of benzene rings is 1. The van der Waals surface area contributed by atoms with E-state index in [1.165, 1.54) is 25.9 Å². The summed E-state index contributed by atoms with van der Waals surface area (Å²) in [6, 6.07) is 6.45. The molecule has 0 aliphatic carbocycles. The second kappa shape index (κ2) is 8.11. The van der Waals surface area contributed by atoms with Crippen LogP contribution in [-0.4, -0.2) is 67.5 Å². The average molecular weight is 386 g/mol. The predicted molar refractivity (Wildman–Crippen MR) is 109 cm³/mol. The third kappa shape index (κ3) is 3.75. The van der Waals surface area contributed by atoms with E-state index in [-0.39, 0.29) is 17.7 Å². The molecule has 3 heterocycles. The number of nitrogens with zero attached hydrogens (tertiary/aromatic N) is 3. The zero-order valence-corrected chi connectivity index (χ0v) is 17.0. The number of aryl methyl sites for hydroxylation is 1. The Hall–Kier alpha value is -2.08. The van der Waals surface area contributed by atoms with Crippen molar-refractivity contribution in [3.63, 3.8) is 0 Å². The maximum atomic E-state index is 13.1. The fraction of sp³-hybridized carbons (Fsp3) is 0.636. The number of amides is 2. The van der Waals surface area contributed by atoms with E-state index in [2.05, 4.69) is 4.90 Å². The highest BCUT2D eigenvalue weighted by Crippen LogP contribution is 2.34. The molecule has 1 unspecified atom stereocenters. The summed E-state index contributed by atoms with van der Waals surface area (Å²) in [5, 5.41) is 0. The third-order valence-electron chi connectivity index (χ3n) is 6.53. The van der Waals surface area contributed by atoms with Crippen LogP contribution < -0.4 is 9.64 Å². The Morgan fingerprint density at radius 1 is 1.11 bits per heavy atom. The number of methoxy groups -OCH3 is 1. The largest absolute Gasteiger partial charge is 0.495 e. The van der Waals surface area contributed by atoms with Gasteiger partial charge in [0, 0.05) is 32.1 Å². The molecule has 0 N–H and O–H groups in total. The van der Waals surface area contributed by atoms with Gasteiger partial charge in [0.1, 0.15) is 5.75 Å². The Morgan fingerprint density at radius 3 is 2.50 bits per heavy atom. The highest BCUT2D eigenvalue weighted by Gasteiger charge is 2.39. The van der Waals surface area contributed by atoms with Gasteiger partial charge in [-0.25, -0.2) is 0 Å². The number of hydrogen-bond acceptors (Lipinski definition) is 4. The van der Waals surface area contributed by atoms with Crippen molar-refractivity contribution in [2.24, 2.45) is 5.92 Å². The molecule has 6 nitrogen and oxygen atoms in total. The Labute approximate surface area is 167 Å². The summed E-state index contributed by atoms with van der Waals surface area (Å²) in [6.07, 6.45) is 5.02. The Kier molecular flexibility index (Phi) is 5.58. The number of piperidine rings is 1. The molecule has 0 spiro atoms. The fourth-order valence-corrected chi connectivity index (χ4v) is 4.93. The topological polar surface area (TPSA) is 53.1 Å². The SMILES string of the molecule is COc1ccc(C)cc1N1CC(C(=O)N2CCC(N3CCCC3)CC2)CC1=O. The number of likely N-dealkylation sites (tertiary alicyclic amines) is 2. The Bertz CT molecular complexity index is 737. The van der Waals surface area contributed by atoms with Crippen molar-refractivity contribution in [2.45, 2.75) is 45.1 Å². The molecule has 152 valence electrons. The molecular weight excluding hydrogens is 354 g/mol. The first-order valence-electron chi connectivity index (χ1n) is 10.5. The van der Waals surface area contributed by atoms with Crippen molar-refractivity contribution in [3.05, 3.63) is 23.8 Å². The lowest BCUT2D eigenvalue weighted by Crippen LogP contribution is -2.47. The number of ether oxygens (including phenoxy) is 1. The summed E-state index contributed by atoms with van der Waals surface area (Å²) in [4.78, 5) is 32.1. The van der Waals surface area contributed by atoms with Crippen LogP contribution in [0.15, 0.2) is 18.2 Å². The van der Waals surface area contributed by atoms with Crippen LogP contribution in [0, 0.1) is 12.8 Å². The summed E-state index contributed by atoms with van der Waals surface area (Å²) in [5.74, 6) is 0.580. The van der Waals surface area contributed by atoms with Gasteiger partial charge in [0.25, 0.3) is 0 Å². The molecule has 1 aromatic carbocycles. The van der Waals surface area contributed by atoms with Crippen molar-refractivity contribution in [3.8, 4) is 5.75 Å². The quantitative estimate of drug-likeness (QED) is 0.799. The standard InChI is InChI=1S/C22H31N3O3/c1-16-5-6-20(28-2)19(13-16)25-15-17(14-21(25)26)22(27)24-11-7-18(8-12-24)23-9-3-4-10-23/h5-6,13,17-18H,3-4,7-12,14-15H2,1-2H3. The van der Waals surface area contributed by atoms with E-state index in [1.54, 1.807) is 12.0 Å². The lowest BCUT2D eigenvalue weighted by molar-refractivity contribution is -0.137. The van der Waals surface area contributed by atoms with E-state index in [0.29, 0.717) is 24.8 Å². The normalized spacial score (nSPS) is 24.2. The summed E-state index contributed by atoms with van der Waals surface area (Å²) in [6.45, 7) is 6.50. The lowest BCUT2D eigenvalue weighted by atomic mass is 10.0. The van der Waals surface area contributed by atoms with Crippen LogP contribution in [0.1, 0.15) is 37.7 Å². The van der Waals surface area contributed by atoms with Gasteiger partial charge in [-0.3, -0.25) is 9.59 Å². The first-order valence-corrected chi connectivity index (χ1v) is 10.5. The zero-order chi connectivity index (χ0) is 19.7. The fourth-order valence-electron chi connectivity index (χ4n) is 4.93. The monoisotopic (exact) mass is 385 g/mol. The van der Waals surface area contributed by atoms with Crippen LogP contribution in [0.3, 0.4) is 0 Å². The summed E-state index contributed by atoms with van der Waals surface area (Å²) < 4.78 is 5.44. The van der Waals surface area contributed by atoms with Gasteiger partial charge in [-0.2, -0.15) is 0 Å². The van der Waals surface area contributed by atoms with Crippen LogP contribution in [0.4, 0.5) is 5.69 Å². The molecule has 28 heavy (non-hydrogen) atoms. The predicted octanol–water partition coefficient (Wildman–Crippen LogP) is 2.44. The van der Waals surface area contributed by atoms with E-state index >= 15 is 0 Å². The Morgan fingerprint density at radius 2 is 1.82 bits per heavy atom. The number of anilines is 1. The van der Waals surface area contributed by atoms with E-state index in [9.17, 15) is 9.59 Å². The highest BCUT2D eigenvalue weighted by molar-refractivity contribution is 6.01. The second-order valence-corrected chi connectivity index (χ2v) is 8.38. The van der Waals surface area contributed by atoms with Crippen molar-refractivity contribution in [2.75, 3.05) is 44.7 Å².